The van der Waals surface area contributed by atoms with Crippen LogP contribution in [-0.2, 0) is 12.8 Å². The lowest BCUT2D eigenvalue weighted by Crippen LogP contribution is -2.04. The molecular weight excluding hydrogens is 196 g/mol. The fourth-order valence-corrected chi connectivity index (χ4v) is 2.32. The molecule has 1 aromatic rings. The first-order valence-electron chi connectivity index (χ1n) is 4.81. The van der Waals surface area contributed by atoms with Crippen LogP contribution >= 0.6 is 11.8 Å². The number of aliphatic hydroxyl groups excluding tert-OH is 1. The molecule has 0 amide bonds. The van der Waals surface area contributed by atoms with E-state index in [9.17, 15) is 0 Å². The van der Waals surface area contributed by atoms with E-state index in [0.717, 1.165) is 17.2 Å². The van der Waals surface area contributed by atoms with Crippen LogP contribution in [0.4, 0.5) is 0 Å². The topological polar surface area (TPSA) is 38.0 Å². The Morgan fingerprint density at radius 1 is 1.64 bits per heavy atom. The van der Waals surface area contributed by atoms with E-state index in [2.05, 4.69) is 18.1 Å². The molecule has 0 bridgehead atoms. The Labute approximate surface area is 89.5 Å². The molecule has 80 valence electrons. The second-order valence-electron chi connectivity index (χ2n) is 3.70. The molecule has 1 atom stereocenters. The lowest BCUT2D eigenvalue weighted by atomic mass is 10.2. The maximum Gasteiger partial charge on any atom is 0.0596 e. The summed E-state index contributed by atoms with van der Waals surface area (Å²) < 4.78 is 1.92. The molecule has 1 N–H and O–H groups in total. The summed E-state index contributed by atoms with van der Waals surface area (Å²) >= 11 is 1.85. The van der Waals surface area contributed by atoms with Crippen molar-refractivity contribution >= 4 is 11.8 Å². The predicted molar refractivity (Wildman–Crippen MR) is 60.4 cm³/mol. The van der Waals surface area contributed by atoms with Crippen molar-refractivity contribution in [1.82, 2.24) is 9.78 Å². The van der Waals surface area contributed by atoms with Crippen molar-refractivity contribution in [3.63, 3.8) is 0 Å². The van der Waals surface area contributed by atoms with Crippen LogP contribution in [0.1, 0.15) is 18.3 Å². The van der Waals surface area contributed by atoms with Gasteiger partial charge in [0.25, 0.3) is 0 Å². The van der Waals surface area contributed by atoms with Crippen LogP contribution in [0.25, 0.3) is 0 Å². The summed E-state index contributed by atoms with van der Waals surface area (Å²) in [5, 5.41) is 13.1. The van der Waals surface area contributed by atoms with Gasteiger partial charge in [-0.2, -0.15) is 16.9 Å². The highest BCUT2D eigenvalue weighted by atomic mass is 32.2. The molecule has 3 nitrogen and oxygen atoms in total. The Kier molecular flexibility index (Phi) is 4.48. The number of aromatic nitrogens is 2. The largest absolute Gasteiger partial charge is 0.396 e. The Morgan fingerprint density at radius 2 is 2.36 bits per heavy atom. The lowest BCUT2D eigenvalue weighted by molar-refractivity contribution is 0.250. The van der Waals surface area contributed by atoms with Gasteiger partial charge in [0.05, 0.1) is 5.69 Å². The van der Waals surface area contributed by atoms with Crippen molar-refractivity contribution in [2.75, 3.05) is 12.4 Å². The average Bonchev–Trinajstić information content (AvgIpc) is 2.45. The van der Waals surface area contributed by atoms with E-state index in [-0.39, 0.29) is 6.61 Å². The number of thioether (sulfide) groups is 1. The van der Waals surface area contributed by atoms with E-state index in [1.54, 1.807) is 0 Å². The summed E-state index contributed by atoms with van der Waals surface area (Å²) in [6.45, 7) is 4.34. The van der Waals surface area contributed by atoms with Crippen molar-refractivity contribution in [3.05, 3.63) is 17.5 Å². The molecule has 1 unspecified atom stereocenters. The first-order chi connectivity index (χ1) is 6.63. The molecule has 0 aromatic carbocycles. The molecule has 1 heterocycles. The minimum Gasteiger partial charge on any atom is -0.396 e. The van der Waals surface area contributed by atoms with Crippen molar-refractivity contribution < 1.29 is 5.11 Å². The summed E-state index contributed by atoms with van der Waals surface area (Å²) in [5.74, 6) is 2.36. The molecule has 1 aromatic heterocycles. The van der Waals surface area contributed by atoms with Crippen molar-refractivity contribution in [2.24, 2.45) is 13.0 Å². The van der Waals surface area contributed by atoms with E-state index in [4.69, 9.17) is 5.11 Å². The number of aliphatic hydroxyl groups is 1. The third-order valence-corrected chi connectivity index (χ3v) is 3.37. The van der Waals surface area contributed by atoms with Gasteiger partial charge in [-0.25, -0.2) is 0 Å². The number of rotatable bonds is 5. The zero-order valence-electron chi connectivity index (χ0n) is 9.03. The van der Waals surface area contributed by atoms with Crippen LogP contribution in [0.2, 0.25) is 0 Å². The molecule has 0 spiro atoms. The van der Waals surface area contributed by atoms with E-state index >= 15 is 0 Å². The van der Waals surface area contributed by atoms with Gasteiger partial charge in [0, 0.05) is 25.1 Å². The molecule has 0 fully saturated rings. The Hall–Kier alpha value is -0.480. The van der Waals surface area contributed by atoms with Gasteiger partial charge >= 0.3 is 0 Å². The van der Waals surface area contributed by atoms with Crippen LogP contribution in [0.5, 0.6) is 0 Å². The Bertz CT molecular complexity index is 286. The first-order valence-corrected chi connectivity index (χ1v) is 5.97. The van der Waals surface area contributed by atoms with Gasteiger partial charge in [-0.15, -0.1) is 0 Å². The molecule has 1 rings (SSSR count). The van der Waals surface area contributed by atoms with Crippen LogP contribution in [-0.4, -0.2) is 27.2 Å². The number of hydrogen-bond donors (Lipinski definition) is 1. The summed E-state index contributed by atoms with van der Waals surface area (Å²) in [6.07, 6.45) is 0. The van der Waals surface area contributed by atoms with Crippen LogP contribution < -0.4 is 0 Å². The summed E-state index contributed by atoms with van der Waals surface area (Å²) in [5.41, 5.74) is 2.32. The van der Waals surface area contributed by atoms with E-state index in [1.807, 2.05) is 30.4 Å². The fourth-order valence-electron chi connectivity index (χ4n) is 1.22. The zero-order chi connectivity index (χ0) is 10.6. The van der Waals surface area contributed by atoms with Gasteiger partial charge in [0.15, 0.2) is 0 Å². The third-order valence-electron chi connectivity index (χ3n) is 2.06. The molecule has 0 aliphatic carbocycles. The molecule has 0 aliphatic heterocycles. The maximum absolute atomic E-state index is 8.86. The zero-order valence-corrected chi connectivity index (χ0v) is 9.84. The van der Waals surface area contributed by atoms with Gasteiger partial charge in [0.1, 0.15) is 0 Å². The van der Waals surface area contributed by atoms with Crippen molar-refractivity contribution in [3.8, 4) is 0 Å². The molecular formula is C10H18N2OS. The predicted octanol–water partition coefficient (Wildman–Crippen LogP) is 1.59. The van der Waals surface area contributed by atoms with Gasteiger partial charge in [-0.1, -0.05) is 6.92 Å². The minimum absolute atomic E-state index is 0.275. The molecule has 14 heavy (non-hydrogen) atoms. The second kappa shape index (κ2) is 5.41. The second-order valence-corrected chi connectivity index (χ2v) is 4.73. The summed E-state index contributed by atoms with van der Waals surface area (Å²) in [6, 6.07) is 2.11. The van der Waals surface area contributed by atoms with Gasteiger partial charge in [-0.3, -0.25) is 4.68 Å². The summed E-state index contributed by atoms with van der Waals surface area (Å²) in [7, 11) is 1.97. The van der Waals surface area contributed by atoms with Gasteiger partial charge in [0.2, 0.25) is 0 Å². The number of nitrogens with zero attached hydrogens (tertiary/aromatic N) is 2. The number of aryl methyl sites for hydroxylation is 2. The lowest BCUT2D eigenvalue weighted by Gasteiger charge is -2.06. The number of hydrogen-bond acceptors (Lipinski definition) is 3. The Morgan fingerprint density at radius 3 is 2.86 bits per heavy atom. The normalized spacial score (nSPS) is 13.1. The highest BCUT2D eigenvalue weighted by molar-refractivity contribution is 7.98. The molecule has 0 radical (unpaired) electrons. The average molecular weight is 214 g/mol. The molecule has 0 saturated heterocycles. The highest BCUT2D eigenvalue weighted by Crippen LogP contribution is 2.15. The van der Waals surface area contributed by atoms with Crippen molar-refractivity contribution in [2.45, 2.75) is 19.6 Å². The maximum atomic E-state index is 8.86. The minimum atomic E-state index is 0.275. The molecule has 4 heteroatoms. The third kappa shape index (κ3) is 3.35. The van der Waals surface area contributed by atoms with Gasteiger partial charge < -0.3 is 5.11 Å². The van der Waals surface area contributed by atoms with Crippen LogP contribution in [0.15, 0.2) is 6.07 Å². The smallest absolute Gasteiger partial charge is 0.0596 e. The Balaban J connectivity index is 2.34. The van der Waals surface area contributed by atoms with E-state index < -0.39 is 0 Å². The van der Waals surface area contributed by atoms with Gasteiger partial charge in [-0.05, 0) is 24.7 Å². The standard InChI is InChI=1S/C10H18N2OS/c1-8(5-13)6-14-7-10-4-9(2)11-12(10)3/h4,8,13H,5-7H2,1-3H3. The first kappa shape index (κ1) is 11.6. The van der Waals surface area contributed by atoms with E-state index in [1.165, 1.54) is 5.69 Å². The van der Waals surface area contributed by atoms with Crippen LogP contribution in [0.3, 0.4) is 0 Å². The SMILES string of the molecule is Cc1cc(CSCC(C)CO)n(C)n1. The van der Waals surface area contributed by atoms with E-state index in [0.29, 0.717) is 5.92 Å². The summed E-state index contributed by atoms with van der Waals surface area (Å²) in [4.78, 5) is 0. The molecule has 0 saturated carbocycles. The molecule has 0 aliphatic rings. The fraction of sp³-hybridized carbons (Fsp3) is 0.700. The van der Waals surface area contributed by atoms with Crippen molar-refractivity contribution in [1.29, 1.82) is 0 Å². The monoisotopic (exact) mass is 214 g/mol. The van der Waals surface area contributed by atoms with Crippen LogP contribution in [0, 0.1) is 12.8 Å². The highest BCUT2D eigenvalue weighted by Gasteiger charge is 2.04. The quantitative estimate of drug-likeness (QED) is 0.809.